The third-order valence-corrected chi connectivity index (χ3v) is 2.69. The van der Waals surface area contributed by atoms with E-state index in [2.05, 4.69) is 0 Å². The monoisotopic (exact) mass is 322 g/mol. The topological polar surface area (TPSA) is 56.2 Å². The van der Waals surface area contributed by atoms with E-state index in [9.17, 15) is 4.79 Å². The van der Waals surface area contributed by atoms with E-state index in [-0.39, 0.29) is 17.0 Å². The molecule has 0 aliphatic heterocycles. The van der Waals surface area contributed by atoms with Crippen LogP contribution in [0.3, 0.4) is 0 Å². The lowest BCUT2D eigenvalue weighted by atomic mass is 10.2. The molecular weight excluding hydrogens is 308 g/mol. The van der Waals surface area contributed by atoms with Gasteiger partial charge in [0, 0.05) is 6.07 Å². The van der Waals surface area contributed by atoms with Crippen LogP contribution >= 0.6 is 0 Å². The van der Waals surface area contributed by atoms with Crippen LogP contribution in [-0.2, 0) is 6.54 Å². The molecule has 1 aromatic heterocycles. The number of para-hydroxylation sites is 1. The van der Waals surface area contributed by atoms with Crippen molar-refractivity contribution in [1.29, 1.82) is 0 Å². The molecule has 0 atom stereocenters. The number of amides is 1. The van der Waals surface area contributed by atoms with Gasteiger partial charge in [0.1, 0.15) is 11.3 Å². The molecule has 1 amide bonds. The Morgan fingerprint density at radius 2 is 2.00 bits per heavy atom. The molecule has 0 fully saturated rings. The molecule has 1 aromatic carbocycles. The SMILES string of the molecule is COc1ccccc1C[n+]1cccc(C(N)=O)c1.[Br-]. The standard InChI is InChI=1S/C14H14N2O2.BrH/c1-18-13-7-3-2-5-11(13)9-16-8-4-6-12(10-16)14(15)17;/h2-8,10H,9H2,1H3,(H-,15,17);1H. The highest BCUT2D eigenvalue weighted by Crippen LogP contribution is 2.16. The number of primary amides is 1. The Labute approximate surface area is 122 Å². The summed E-state index contributed by atoms with van der Waals surface area (Å²) in [5.74, 6) is 0.402. The van der Waals surface area contributed by atoms with Gasteiger partial charge in [-0.15, -0.1) is 0 Å². The summed E-state index contributed by atoms with van der Waals surface area (Å²) < 4.78 is 7.19. The highest BCUT2D eigenvalue weighted by atomic mass is 79.9. The highest BCUT2D eigenvalue weighted by molar-refractivity contribution is 5.92. The van der Waals surface area contributed by atoms with Gasteiger partial charge in [-0.1, -0.05) is 12.1 Å². The third kappa shape index (κ3) is 3.79. The van der Waals surface area contributed by atoms with Crippen molar-refractivity contribution in [3.05, 3.63) is 59.9 Å². The number of halogens is 1. The molecule has 4 nitrogen and oxygen atoms in total. The van der Waals surface area contributed by atoms with Crippen molar-refractivity contribution >= 4 is 5.91 Å². The summed E-state index contributed by atoms with van der Waals surface area (Å²) in [6.07, 6.45) is 3.62. The molecule has 19 heavy (non-hydrogen) atoms. The van der Waals surface area contributed by atoms with Gasteiger partial charge in [0.2, 0.25) is 0 Å². The fraction of sp³-hybridized carbons (Fsp3) is 0.143. The Balaban J connectivity index is 0.00000180. The first-order valence-corrected chi connectivity index (χ1v) is 5.61. The van der Waals surface area contributed by atoms with E-state index >= 15 is 0 Å². The number of benzene rings is 1. The largest absolute Gasteiger partial charge is 1.00 e. The van der Waals surface area contributed by atoms with Crippen LogP contribution in [0.15, 0.2) is 48.8 Å². The van der Waals surface area contributed by atoms with Crippen molar-refractivity contribution in [2.75, 3.05) is 7.11 Å². The zero-order valence-corrected chi connectivity index (χ0v) is 12.1. The van der Waals surface area contributed by atoms with Crippen molar-refractivity contribution in [3.63, 3.8) is 0 Å². The number of pyridine rings is 1. The van der Waals surface area contributed by atoms with E-state index in [0.29, 0.717) is 12.1 Å². The number of rotatable bonds is 4. The zero-order valence-electron chi connectivity index (χ0n) is 10.5. The summed E-state index contributed by atoms with van der Waals surface area (Å²) in [7, 11) is 1.64. The van der Waals surface area contributed by atoms with Crippen LogP contribution in [0.5, 0.6) is 5.75 Å². The van der Waals surface area contributed by atoms with Gasteiger partial charge in [-0.2, -0.15) is 4.57 Å². The maximum absolute atomic E-state index is 11.1. The summed E-state index contributed by atoms with van der Waals surface area (Å²) in [5, 5.41) is 0. The lowest BCUT2D eigenvalue weighted by Crippen LogP contribution is -3.00. The zero-order chi connectivity index (χ0) is 13.0. The van der Waals surface area contributed by atoms with Crippen LogP contribution in [0, 0.1) is 0 Å². The Morgan fingerprint density at radius 1 is 1.26 bits per heavy atom. The molecule has 0 aliphatic carbocycles. The average molecular weight is 323 g/mol. The number of carbonyl (C=O) groups excluding carboxylic acids is 1. The minimum Gasteiger partial charge on any atom is -1.00 e. The molecule has 0 aliphatic rings. The van der Waals surface area contributed by atoms with Crippen molar-refractivity contribution in [3.8, 4) is 5.75 Å². The number of nitrogens with two attached hydrogens (primary N) is 1. The molecule has 2 N–H and O–H groups in total. The first-order valence-electron chi connectivity index (χ1n) is 5.61. The quantitative estimate of drug-likeness (QED) is 0.671. The molecule has 100 valence electrons. The molecule has 0 bridgehead atoms. The molecule has 0 saturated heterocycles. The van der Waals surface area contributed by atoms with Crippen LogP contribution in [0.4, 0.5) is 0 Å². The highest BCUT2D eigenvalue weighted by Gasteiger charge is 2.10. The summed E-state index contributed by atoms with van der Waals surface area (Å²) in [6, 6.07) is 11.3. The number of hydrogen-bond donors (Lipinski definition) is 1. The van der Waals surface area contributed by atoms with Gasteiger partial charge >= 0.3 is 0 Å². The minimum atomic E-state index is -0.427. The van der Waals surface area contributed by atoms with Gasteiger partial charge < -0.3 is 27.5 Å². The van der Waals surface area contributed by atoms with E-state index in [0.717, 1.165) is 11.3 Å². The molecule has 5 heteroatoms. The van der Waals surface area contributed by atoms with Crippen LogP contribution in [0.2, 0.25) is 0 Å². The van der Waals surface area contributed by atoms with Gasteiger partial charge in [0.05, 0.1) is 12.7 Å². The van der Waals surface area contributed by atoms with Crippen molar-refractivity contribution in [1.82, 2.24) is 0 Å². The maximum atomic E-state index is 11.1. The third-order valence-electron chi connectivity index (χ3n) is 2.69. The van der Waals surface area contributed by atoms with E-state index < -0.39 is 5.91 Å². The molecule has 0 unspecified atom stereocenters. The van der Waals surface area contributed by atoms with E-state index in [4.69, 9.17) is 10.5 Å². The van der Waals surface area contributed by atoms with Crippen LogP contribution in [-0.4, -0.2) is 13.0 Å². The summed E-state index contributed by atoms with van der Waals surface area (Å²) in [6.45, 7) is 0.630. The van der Waals surface area contributed by atoms with Crippen LogP contribution < -0.4 is 32.0 Å². The van der Waals surface area contributed by atoms with E-state index in [1.807, 2.05) is 35.0 Å². The second-order valence-electron chi connectivity index (χ2n) is 3.94. The normalized spacial score (nSPS) is 9.53. The lowest BCUT2D eigenvalue weighted by Gasteiger charge is -2.05. The number of aromatic nitrogens is 1. The summed E-state index contributed by atoms with van der Waals surface area (Å²) in [5.41, 5.74) is 6.80. The van der Waals surface area contributed by atoms with Crippen LogP contribution in [0.1, 0.15) is 15.9 Å². The predicted octanol–water partition coefficient (Wildman–Crippen LogP) is -1.87. The number of ether oxygens (including phenoxy) is 1. The average Bonchev–Trinajstić information content (AvgIpc) is 2.39. The van der Waals surface area contributed by atoms with Crippen molar-refractivity contribution < 1.29 is 31.1 Å². The summed E-state index contributed by atoms with van der Waals surface area (Å²) in [4.78, 5) is 11.1. The molecular formula is C14H15BrN2O2. The molecule has 0 spiro atoms. The fourth-order valence-electron chi connectivity index (χ4n) is 1.80. The van der Waals surface area contributed by atoms with Gasteiger partial charge in [-0.3, -0.25) is 4.79 Å². The Kier molecular flexibility index (Phi) is 5.51. The maximum Gasteiger partial charge on any atom is 0.254 e. The van der Waals surface area contributed by atoms with Gasteiger partial charge in [-0.25, -0.2) is 0 Å². The molecule has 2 aromatic rings. The second-order valence-corrected chi connectivity index (χ2v) is 3.94. The predicted molar refractivity (Wildman–Crippen MR) is 67.3 cm³/mol. The summed E-state index contributed by atoms with van der Waals surface area (Å²) >= 11 is 0. The van der Waals surface area contributed by atoms with E-state index in [1.165, 1.54) is 0 Å². The molecule has 0 radical (unpaired) electrons. The first kappa shape index (κ1) is 15.2. The van der Waals surface area contributed by atoms with Gasteiger partial charge in [-0.05, 0) is 18.2 Å². The number of hydrogen-bond acceptors (Lipinski definition) is 2. The fourth-order valence-corrected chi connectivity index (χ4v) is 1.80. The van der Waals surface area contributed by atoms with Gasteiger partial charge in [0.15, 0.2) is 18.9 Å². The Hall–Kier alpha value is -1.88. The number of methoxy groups -OCH3 is 1. The Bertz CT molecular complexity index is 573. The van der Waals surface area contributed by atoms with E-state index in [1.54, 1.807) is 25.4 Å². The molecule has 2 rings (SSSR count). The van der Waals surface area contributed by atoms with Gasteiger partial charge in [0.25, 0.3) is 5.91 Å². The Morgan fingerprint density at radius 3 is 2.68 bits per heavy atom. The number of carbonyl (C=O) groups is 1. The molecule has 0 saturated carbocycles. The van der Waals surface area contributed by atoms with Crippen molar-refractivity contribution in [2.24, 2.45) is 5.73 Å². The second kappa shape index (κ2) is 6.89. The van der Waals surface area contributed by atoms with Crippen molar-refractivity contribution in [2.45, 2.75) is 6.54 Å². The lowest BCUT2D eigenvalue weighted by molar-refractivity contribution is -0.688. The minimum absolute atomic E-state index is 0. The molecule has 1 heterocycles. The van der Waals surface area contributed by atoms with Crippen LogP contribution in [0.25, 0.3) is 0 Å². The smallest absolute Gasteiger partial charge is 0.254 e. The number of nitrogens with zero attached hydrogens (tertiary/aromatic N) is 1. The first-order chi connectivity index (χ1) is 8.70.